The minimum Gasteiger partial charge on any atom is -0.480 e. The molecule has 2 heterocycles. The molecule has 2 rings (SSSR count). The van der Waals surface area contributed by atoms with Crippen molar-refractivity contribution >= 4 is 27.8 Å². The molecule has 1 aromatic heterocycles. The highest BCUT2D eigenvalue weighted by atomic mass is 79.9. The highest BCUT2D eigenvalue weighted by Crippen LogP contribution is 2.23. The SMILES string of the molecule is C=CCN=C(NCC)N1CCN(c2ncc(Br)c(OC)n2)CC1. The van der Waals surface area contributed by atoms with Crippen LogP contribution < -0.4 is 15.0 Å². The maximum atomic E-state index is 5.24. The molecule has 126 valence electrons. The number of hydrogen-bond donors (Lipinski definition) is 1. The maximum absolute atomic E-state index is 5.24. The van der Waals surface area contributed by atoms with Gasteiger partial charge < -0.3 is 19.9 Å². The molecule has 0 saturated carbocycles. The van der Waals surface area contributed by atoms with Gasteiger partial charge in [-0.1, -0.05) is 6.08 Å². The normalized spacial score (nSPS) is 15.5. The number of ether oxygens (including phenoxy) is 1. The number of anilines is 1. The fraction of sp³-hybridized carbons (Fsp3) is 0.533. The Labute approximate surface area is 145 Å². The number of methoxy groups -OCH3 is 1. The minimum atomic E-state index is 0.554. The van der Waals surface area contributed by atoms with E-state index in [2.05, 4.69) is 59.5 Å². The average molecular weight is 383 g/mol. The molecule has 1 aromatic rings. The van der Waals surface area contributed by atoms with Gasteiger partial charge in [-0.2, -0.15) is 4.98 Å². The lowest BCUT2D eigenvalue weighted by Gasteiger charge is -2.36. The molecule has 1 saturated heterocycles. The van der Waals surface area contributed by atoms with Gasteiger partial charge in [-0.3, -0.25) is 0 Å². The third-order valence-corrected chi connectivity index (χ3v) is 4.00. The van der Waals surface area contributed by atoms with Gasteiger partial charge in [-0.15, -0.1) is 6.58 Å². The van der Waals surface area contributed by atoms with Crippen molar-refractivity contribution in [1.29, 1.82) is 0 Å². The van der Waals surface area contributed by atoms with Gasteiger partial charge in [-0.25, -0.2) is 9.98 Å². The van der Waals surface area contributed by atoms with E-state index in [1.807, 2.05) is 0 Å². The summed E-state index contributed by atoms with van der Waals surface area (Å²) in [5.41, 5.74) is 0. The fourth-order valence-electron chi connectivity index (χ4n) is 2.33. The molecule has 0 unspecified atom stereocenters. The van der Waals surface area contributed by atoms with Crippen molar-refractivity contribution < 1.29 is 4.74 Å². The van der Waals surface area contributed by atoms with E-state index in [0.717, 1.165) is 43.2 Å². The molecule has 0 radical (unpaired) electrons. The van der Waals surface area contributed by atoms with Gasteiger partial charge in [0.2, 0.25) is 11.8 Å². The van der Waals surface area contributed by atoms with Crippen molar-refractivity contribution in [1.82, 2.24) is 20.2 Å². The lowest BCUT2D eigenvalue weighted by molar-refractivity contribution is 0.366. The van der Waals surface area contributed by atoms with Crippen molar-refractivity contribution in [2.24, 2.45) is 4.99 Å². The van der Waals surface area contributed by atoms with E-state index in [9.17, 15) is 0 Å². The number of halogens is 1. The molecule has 0 aromatic carbocycles. The molecule has 7 nitrogen and oxygen atoms in total. The quantitative estimate of drug-likeness (QED) is 0.473. The van der Waals surface area contributed by atoms with Gasteiger partial charge >= 0.3 is 0 Å². The summed E-state index contributed by atoms with van der Waals surface area (Å²) in [6.07, 6.45) is 3.53. The van der Waals surface area contributed by atoms with E-state index in [1.54, 1.807) is 19.4 Å². The fourth-order valence-corrected chi connectivity index (χ4v) is 2.69. The summed E-state index contributed by atoms with van der Waals surface area (Å²) >= 11 is 3.38. The van der Waals surface area contributed by atoms with Gasteiger partial charge in [0, 0.05) is 32.7 Å². The van der Waals surface area contributed by atoms with Crippen LogP contribution in [0.3, 0.4) is 0 Å². The number of aliphatic imine (C=N–C) groups is 1. The molecule has 8 heteroatoms. The van der Waals surface area contributed by atoms with Crippen molar-refractivity contribution in [2.45, 2.75) is 6.92 Å². The lowest BCUT2D eigenvalue weighted by Crippen LogP contribution is -2.53. The first kappa shape index (κ1) is 17.5. The van der Waals surface area contributed by atoms with E-state index < -0.39 is 0 Å². The Morgan fingerprint density at radius 2 is 2.22 bits per heavy atom. The van der Waals surface area contributed by atoms with Crippen LogP contribution in [0.2, 0.25) is 0 Å². The summed E-state index contributed by atoms with van der Waals surface area (Å²) in [5.74, 6) is 2.18. The van der Waals surface area contributed by atoms with E-state index in [-0.39, 0.29) is 0 Å². The number of piperazine rings is 1. The Hall–Kier alpha value is -1.83. The van der Waals surface area contributed by atoms with Crippen molar-refractivity contribution in [3.63, 3.8) is 0 Å². The van der Waals surface area contributed by atoms with E-state index >= 15 is 0 Å². The second-order valence-corrected chi connectivity index (χ2v) is 5.84. The third-order valence-electron chi connectivity index (χ3n) is 3.46. The Bertz CT molecular complexity index is 557. The first-order valence-corrected chi connectivity index (χ1v) is 8.44. The highest BCUT2D eigenvalue weighted by molar-refractivity contribution is 9.10. The maximum Gasteiger partial charge on any atom is 0.232 e. The van der Waals surface area contributed by atoms with Crippen LogP contribution in [0.25, 0.3) is 0 Å². The number of rotatable bonds is 5. The van der Waals surface area contributed by atoms with Crippen LogP contribution in [-0.4, -0.2) is 67.2 Å². The first-order chi connectivity index (χ1) is 11.2. The smallest absolute Gasteiger partial charge is 0.232 e. The summed E-state index contributed by atoms with van der Waals surface area (Å²) in [6.45, 7) is 10.7. The van der Waals surface area contributed by atoms with Gasteiger partial charge in [0.1, 0.15) is 0 Å². The highest BCUT2D eigenvalue weighted by Gasteiger charge is 2.22. The summed E-state index contributed by atoms with van der Waals surface area (Å²) < 4.78 is 6.00. The lowest BCUT2D eigenvalue weighted by atomic mass is 10.3. The molecule has 1 aliphatic rings. The number of nitrogens with zero attached hydrogens (tertiary/aromatic N) is 5. The van der Waals surface area contributed by atoms with Crippen molar-refractivity contribution in [3.05, 3.63) is 23.3 Å². The van der Waals surface area contributed by atoms with Gasteiger partial charge in [0.25, 0.3) is 0 Å². The number of guanidine groups is 1. The first-order valence-electron chi connectivity index (χ1n) is 7.65. The van der Waals surface area contributed by atoms with Gasteiger partial charge in [0.05, 0.1) is 24.3 Å². The van der Waals surface area contributed by atoms with Crippen molar-refractivity contribution in [2.75, 3.05) is 51.3 Å². The van der Waals surface area contributed by atoms with Crippen molar-refractivity contribution in [3.8, 4) is 5.88 Å². The van der Waals surface area contributed by atoms with Crippen LogP contribution in [0, 0.1) is 0 Å². The van der Waals surface area contributed by atoms with Gasteiger partial charge in [0.15, 0.2) is 5.96 Å². The van der Waals surface area contributed by atoms with Crippen LogP contribution in [0.4, 0.5) is 5.95 Å². The predicted molar refractivity (Wildman–Crippen MR) is 96.2 cm³/mol. The Kier molecular flexibility index (Phi) is 6.64. The second kappa shape index (κ2) is 8.71. The summed E-state index contributed by atoms with van der Waals surface area (Å²) in [4.78, 5) is 17.7. The Balaban J connectivity index is 2.01. The number of hydrogen-bond acceptors (Lipinski definition) is 5. The summed E-state index contributed by atoms with van der Waals surface area (Å²) in [6, 6.07) is 0. The minimum absolute atomic E-state index is 0.554. The van der Waals surface area contributed by atoms with Crippen LogP contribution in [0.5, 0.6) is 5.88 Å². The Morgan fingerprint density at radius 3 is 2.83 bits per heavy atom. The van der Waals surface area contributed by atoms with E-state index in [1.165, 1.54) is 0 Å². The van der Waals surface area contributed by atoms with Crippen LogP contribution in [-0.2, 0) is 0 Å². The zero-order chi connectivity index (χ0) is 16.7. The summed E-state index contributed by atoms with van der Waals surface area (Å²) in [5, 5.41) is 3.32. The average Bonchev–Trinajstić information content (AvgIpc) is 2.59. The third kappa shape index (κ3) is 4.57. The number of nitrogens with one attached hydrogen (secondary N) is 1. The van der Waals surface area contributed by atoms with E-state index in [0.29, 0.717) is 18.4 Å². The standard InChI is InChI=1S/C15H23BrN6O/c1-4-6-18-14(17-5-2)21-7-9-22(10-8-21)15-19-11-12(16)13(20-15)23-3/h4,11H,1,5-10H2,2-3H3,(H,17,18). The molecule has 1 fully saturated rings. The molecule has 1 aliphatic heterocycles. The Morgan fingerprint density at radius 1 is 1.48 bits per heavy atom. The second-order valence-electron chi connectivity index (χ2n) is 4.98. The zero-order valence-corrected chi connectivity index (χ0v) is 15.2. The monoisotopic (exact) mass is 382 g/mol. The molecule has 0 spiro atoms. The van der Waals surface area contributed by atoms with Gasteiger partial charge in [-0.05, 0) is 22.9 Å². The molecule has 1 N–H and O–H groups in total. The number of aromatic nitrogens is 2. The molecule has 0 atom stereocenters. The molecule has 23 heavy (non-hydrogen) atoms. The zero-order valence-electron chi connectivity index (χ0n) is 13.6. The topological polar surface area (TPSA) is 65.9 Å². The van der Waals surface area contributed by atoms with Crippen LogP contribution >= 0.6 is 15.9 Å². The predicted octanol–water partition coefficient (Wildman–Crippen LogP) is 1.52. The molecule has 0 bridgehead atoms. The molecular formula is C15H23BrN6O. The largest absolute Gasteiger partial charge is 0.480 e. The molecule has 0 aliphatic carbocycles. The van der Waals surface area contributed by atoms with Crippen LogP contribution in [0.1, 0.15) is 6.92 Å². The summed E-state index contributed by atoms with van der Waals surface area (Å²) in [7, 11) is 1.60. The molecule has 0 amide bonds. The van der Waals surface area contributed by atoms with Crippen LogP contribution in [0.15, 0.2) is 28.3 Å². The van der Waals surface area contributed by atoms with E-state index in [4.69, 9.17) is 4.74 Å². The molecular weight excluding hydrogens is 360 g/mol.